The number of carbonyl (C=O) groups excluding carboxylic acids is 2. The zero-order valence-electron chi connectivity index (χ0n) is 15.5. The van der Waals surface area contributed by atoms with Gasteiger partial charge in [-0.25, -0.2) is 0 Å². The van der Waals surface area contributed by atoms with Crippen molar-refractivity contribution in [2.24, 2.45) is 0 Å². The van der Waals surface area contributed by atoms with Crippen molar-refractivity contribution < 1.29 is 14.3 Å². The van der Waals surface area contributed by atoms with Crippen LogP contribution in [0.4, 0.5) is 5.69 Å². The summed E-state index contributed by atoms with van der Waals surface area (Å²) in [5.41, 5.74) is 1.62. The average molecular weight is 428 g/mol. The van der Waals surface area contributed by atoms with Gasteiger partial charge in [-0.2, -0.15) is 0 Å². The van der Waals surface area contributed by atoms with E-state index in [4.69, 9.17) is 27.9 Å². The summed E-state index contributed by atoms with van der Waals surface area (Å²) in [5.74, 6) is 0.334. The van der Waals surface area contributed by atoms with Gasteiger partial charge in [0.15, 0.2) is 6.10 Å². The highest BCUT2D eigenvalue weighted by atomic mass is 35.5. The van der Waals surface area contributed by atoms with Crippen molar-refractivity contribution in [3.05, 3.63) is 95.0 Å². The number of nitrogens with one attached hydrogen (secondary N) is 1. The molecule has 3 rings (SSSR count). The fraction of sp³-hybridized carbons (Fsp3) is 0.130. The molecule has 1 N–H and O–H groups in total. The first-order valence-corrected chi connectivity index (χ1v) is 9.97. The van der Waals surface area contributed by atoms with E-state index in [0.29, 0.717) is 34.0 Å². The Morgan fingerprint density at radius 1 is 0.897 bits per heavy atom. The number of hydrogen-bond donors (Lipinski definition) is 1. The summed E-state index contributed by atoms with van der Waals surface area (Å²) >= 11 is 11.8. The van der Waals surface area contributed by atoms with Gasteiger partial charge in [0.2, 0.25) is 5.78 Å². The van der Waals surface area contributed by atoms with Gasteiger partial charge in [0.1, 0.15) is 5.75 Å². The lowest BCUT2D eigenvalue weighted by atomic mass is 10.0. The molecule has 3 aromatic carbocycles. The predicted octanol–water partition coefficient (Wildman–Crippen LogP) is 5.85. The number of Topliss-reactive ketones (excluding diaryl/α,β-unsaturated/α-hetero) is 1. The summed E-state index contributed by atoms with van der Waals surface area (Å²) in [5, 5.41) is 3.38. The molecule has 6 heteroatoms. The molecule has 4 nitrogen and oxygen atoms in total. The number of benzene rings is 3. The third-order valence-electron chi connectivity index (χ3n) is 4.20. The maximum absolute atomic E-state index is 12.8. The molecule has 1 atom stereocenters. The van der Waals surface area contributed by atoms with Crippen molar-refractivity contribution in [2.45, 2.75) is 12.5 Å². The molecule has 29 heavy (non-hydrogen) atoms. The van der Waals surface area contributed by atoms with Gasteiger partial charge in [0.05, 0.1) is 0 Å². The van der Waals surface area contributed by atoms with Crippen LogP contribution >= 0.6 is 23.2 Å². The molecule has 0 saturated carbocycles. The summed E-state index contributed by atoms with van der Waals surface area (Å²) in [7, 11) is 0. The lowest BCUT2D eigenvalue weighted by molar-refractivity contribution is 0.0787. The third kappa shape index (κ3) is 5.83. The fourth-order valence-corrected chi connectivity index (χ4v) is 3.07. The number of alkyl halides is 1. The van der Waals surface area contributed by atoms with Crippen LogP contribution in [-0.2, 0) is 0 Å². The van der Waals surface area contributed by atoms with Crippen molar-refractivity contribution in [3.63, 3.8) is 0 Å². The van der Waals surface area contributed by atoms with E-state index in [1.165, 1.54) is 0 Å². The molecule has 3 aromatic rings. The lowest BCUT2D eigenvalue weighted by Crippen LogP contribution is -2.28. The Balaban J connectivity index is 1.73. The van der Waals surface area contributed by atoms with E-state index < -0.39 is 6.10 Å². The number of ketones is 1. The van der Waals surface area contributed by atoms with Crippen LogP contribution in [0.25, 0.3) is 0 Å². The first-order valence-electron chi connectivity index (χ1n) is 9.05. The van der Waals surface area contributed by atoms with Gasteiger partial charge < -0.3 is 10.1 Å². The topological polar surface area (TPSA) is 55.4 Å². The second-order valence-electron chi connectivity index (χ2n) is 6.30. The standard InChI is InChI=1S/C23H19Cl2NO3/c24-14-13-21(22(27)16-9-11-18(25)12-10-16)29-20-8-4-7-19(15-20)26-23(28)17-5-2-1-3-6-17/h1-12,15,21H,13-14H2,(H,26,28). The number of ether oxygens (including phenoxy) is 1. The molecule has 0 aliphatic heterocycles. The van der Waals surface area contributed by atoms with Gasteiger partial charge >= 0.3 is 0 Å². The summed E-state index contributed by atoms with van der Waals surface area (Å²) in [4.78, 5) is 25.1. The van der Waals surface area contributed by atoms with Crippen LogP contribution in [0.3, 0.4) is 0 Å². The van der Waals surface area contributed by atoms with E-state index in [1.54, 1.807) is 72.8 Å². The highest BCUT2D eigenvalue weighted by Crippen LogP contribution is 2.22. The molecule has 148 valence electrons. The number of amides is 1. The predicted molar refractivity (Wildman–Crippen MR) is 116 cm³/mol. The summed E-state index contributed by atoms with van der Waals surface area (Å²) in [6.07, 6.45) is -0.391. The Morgan fingerprint density at radius 2 is 1.62 bits per heavy atom. The van der Waals surface area contributed by atoms with E-state index in [2.05, 4.69) is 5.32 Å². The van der Waals surface area contributed by atoms with Crippen molar-refractivity contribution in [2.75, 3.05) is 11.2 Å². The van der Waals surface area contributed by atoms with Crippen LogP contribution in [0.15, 0.2) is 78.9 Å². The average Bonchev–Trinajstić information content (AvgIpc) is 2.74. The van der Waals surface area contributed by atoms with Crippen LogP contribution < -0.4 is 10.1 Å². The summed E-state index contributed by atoms with van der Waals surface area (Å²) in [6, 6.07) is 22.5. The molecule has 0 aliphatic carbocycles. The maximum Gasteiger partial charge on any atom is 0.255 e. The van der Waals surface area contributed by atoms with Crippen molar-refractivity contribution in [3.8, 4) is 5.75 Å². The van der Waals surface area contributed by atoms with Gasteiger partial charge in [-0.1, -0.05) is 35.9 Å². The van der Waals surface area contributed by atoms with Crippen LogP contribution in [0.5, 0.6) is 5.75 Å². The minimum atomic E-state index is -0.742. The van der Waals surface area contributed by atoms with E-state index in [0.717, 1.165) is 0 Å². The zero-order chi connectivity index (χ0) is 20.6. The van der Waals surface area contributed by atoms with Crippen molar-refractivity contribution in [1.29, 1.82) is 0 Å². The van der Waals surface area contributed by atoms with Crippen LogP contribution in [0, 0.1) is 0 Å². The second-order valence-corrected chi connectivity index (χ2v) is 7.12. The minimum absolute atomic E-state index is 0.180. The zero-order valence-corrected chi connectivity index (χ0v) is 17.0. The SMILES string of the molecule is O=C(Nc1cccc(OC(CCCl)C(=O)c2ccc(Cl)cc2)c1)c1ccccc1. The van der Waals surface area contributed by atoms with Crippen molar-refractivity contribution >= 4 is 40.6 Å². The van der Waals surface area contributed by atoms with E-state index in [9.17, 15) is 9.59 Å². The van der Waals surface area contributed by atoms with Gasteiger partial charge in [0, 0.05) is 40.2 Å². The maximum atomic E-state index is 12.8. The van der Waals surface area contributed by atoms with Crippen LogP contribution in [0.1, 0.15) is 27.1 Å². The molecule has 0 saturated heterocycles. The molecule has 0 radical (unpaired) electrons. The molecular formula is C23H19Cl2NO3. The molecule has 0 aromatic heterocycles. The first-order chi connectivity index (χ1) is 14.1. The number of carbonyl (C=O) groups is 2. The number of rotatable bonds is 8. The third-order valence-corrected chi connectivity index (χ3v) is 4.67. The second kappa shape index (κ2) is 10.1. The number of hydrogen-bond acceptors (Lipinski definition) is 3. The quantitative estimate of drug-likeness (QED) is 0.362. The minimum Gasteiger partial charge on any atom is -0.482 e. The molecule has 0 fully saturated rings. The van der Waals surface area contributed by atoms with E-state index in [1.807, 2.05) is 6.07 Å². The normalized spacial score (nSPS) is 11.5. The molecule has 0 spiro atoms. The highest BCUT2D eigenvalue weighted by molar-refractivity contribution is 6.30. The van der Waals surface area contributed by atoms with Crippen LogP contribution in [-0.4, -0.2) is 23.7 Å². The van der Waals surface area contributed by atoms with E-state index >= 15 is 0 Å². The highest BCUT2D eigenvalue weighted by Gasteiger charge is 2.22. The Hall–Kier alpha value is -2.82. The van der Waals surface area contributed by atoms with Gasteiger partial charge in [-0.05, 0) is 48.5 Å². The summed E-state index contributed by atoms with van der Waals surface area (Å²) < 4.78 is 5.91. The largest absolute Gasteiger partial charge is 0.482 e. The smallest absolute Gasteiger partial charge is 0.255 e. The Labute approximate surface area is 179 Å². The molecule has 0 aliphatic rings. The fourth-order valence-electron chi connectivity index (χ4n) is 2.75. The van der Waals surface area contributed by atoms with Crippen LogP contribution in [0.2, 0.25) is 5.02 Å². The molecular weight excluding hydrogens is 409 g/mol. The van der Waals surface area contributed by atoms with Gasteiger partial charge in [-0.15, -0.1) is 11.6 Å². The number of anilines is 1. The summed E-state index contributed by atoms with van der Waals surface area (Å²) in [6.45, 7) is 0. The Kier molecular flexibility index (Phi) is 7.28. The first kappa shape index (κ1) is 20.9. The monoisotopic (exact) mass is 427 g/mol. The Bertz CT molecular complexity index is 975. The molecule has 1 amide bonds. The van der Waals surface area contributed by atoms with E-state index in [-0.39, 0.29) is 17.6 Å². The Morgan fingerprint density at radius 3 is 2.31 bits per heavy atom. The number of halogens is 2. The lowest BCUT2D eigenvalue weighted by Gasteiger charge is -2.18. The molecule has 1 unspecified atom stereocenters. The molecule has 0 bridgehead atoms. The van der Waals surface area contributed by atoms with Crippen molar-refractivity contribution in [1.82, 2.24) is 0 Å². The van der Waals surface area contributed by atoms with Gasteiger partial charge in [0.25, 0.3) is 5.91 Å². The van der Waals surface area contributed by atoms with Gasteiger partial charge in [-0.3, -0.25) is 9.59 Å². The molecule has 0 heterocycles.